The molecule has 0 unspecified atom stereocenters. The highest BCUT2D eigenvalue weighted by atomic mass is 16.1. The van der Waals surface area contributed by atoms with Gasteiger partial charge in [0.15, 0.2) is 0 Å². The number of nitrogens with one attached hydrogen (secondary N) is 1. The van der Waals surface area contributed by atoms with Crippen molar-refractivity contribution in [1.29, 1.82) is 0 Å². The van der Waals surface area contributed by atoms with Gasteiger partial charge in [0.25, 0.3) is 5.91 Å². The van der Waals surface area contributed by atoms with E-state index in [9.17, 15) is 4.79 Å². The van der Waals surface area contributed by atoms with Gasteiger partial charge in [-0.1, -0.05) is 50.1 Å². The van der Waals surface area contributed by atoms with Gasteiger partial charge >= 0.3 is 0 Å². The van der Waals surface area contributed by atoms with E-state index in [1.54, 1.807) is 6.20 Å². The fourth-order valence-corrected chi connectivity index (χ4v) is 2.55. The van der Waals surface area contributed by atoms with Crippen molar-refractivity contribution in [3.8, 4) is 0 Å². The van der Waals surface area contributed by atoms with Crippen molar-refractivity contribution in [2.45, 2.75) is 39.7 Å². The molecule has 0 aliphatic heterocycles. The number of amides is 1. The van der Waals surface area contributed by atoms with Gasteiger partial charge in [-0.25, -0.2) is 4.98 Å². The molecule has 24 heavy (non-hydrogen) atoms. The first-order valence-electron chi connectivity index (χ1n) is 8.77. The van der Waals surface area contributed by atoms with Gasteiger partial charge in [-0.05, 0) is 31.0 Å². The monoisotopic (exact) mass is 325 g/mol. The molecule has 0 spiro atoms. The fraction of sp³-hybridized carbons (Fsp3) is 0.400. The van der Waals surface area contributed by atoms with Gasteiger partial charge in [0.2, 0.25) is 0 Å². The summed E-state index contributed by atoms with van der Waals surface area (Å²) < 4.78 is 0. The minimum Gasteiger partial charge on any atom is -0.353 e. The fourth-order valence-electron chi connectivity index (χ4n) is 2.55. The van der Waals surface area contributed by atoms with Gasteiger partial charge in [-0.3, -0.25) is 4.79 Å². The summed E-state index contributed by atoms with van der Waals surface area (Å²) in [6, 6.07) is 14.1. The van der Waals surface area contributed by atoms with Crippen molar-refractivity contribution < 1.29 is 4.79 Å². The Morgan fingerprint density at radius 3 is 2.50 bits per heavy atom. The number of unbranched alkanes of at least 4 members (excludes halogenated alkanes) is 2. The molecule has 0 saturated carbocycles. The van der Waals surface area contributed by atoms with E-state index in [0.717, 1.165) is 44.7 Å². The highest BCUT2D eigenvalue weighted by molar-refractivity contribution is 5.94. The highest BCUT2D eigenvalue weighted by Crippen LogP contribution is 2.15. The minimum atomic E-state index is -0.0451. The molecule has 0 fully saturated rings. The first kappa shape index (κ1) is 18.0. The average molecular weight is 325 g/mol. The van der Waals surface area contributed by atoms with Gasteiger partial charge in [-0.2, -0.15) is 0 Å². The summed E-state index contributed by atoms with van der Waals surface area (Å²) >= 11 is 0. The summed E-state index contributed by atoms with van der Waals surface area (Å²) in [5.74, 6) is 0.847. The van der Waals surface area contributed by atoms with Crippen molar-refractivity contribution >= 4 is 11.7 Å². The average Bonchev–Trinajstić information content (AvgIpc) is 2.64. The lowest BCUT2D eigenvalue weighted by molar-refractivity contribution is 0.0952. The Balaban J connectivity index is 1.95. The lowest BCUT2D eigenvalue weighted by Gasteiger charge is -2.22. The van der Waals surface area contributed by atoms with Gasteiger partial charge in [0, 0.05) is 25.8 Å². The third-order valence-corrected chi connectivity index (χ3v) is 4.00. The summed E-state index contributed by atoms with van der Waals surface area (Å²) in [7, 11) is 0. The predicted molar refractivity (Wildman–Crippen MR) is 99.3 cm³/mol. The molecule has 0 bridgehead atoms. The van der Waals surface area contributed by atoms with E-state index >= 15 is 0 Å². The largest absolute Gasteiger partial charge is 0.353 e. The molecule has 128 valence electrons. The molecule has 0 radical (unpaired) electrons. The lowest BCUT2D eigenvalue weighted by atomic mass is 10.2. The molecule has 0 atom stereocenters. The van der Waals surface area contributed by atoms with Crippen LogP contribution in [0.25, 0.3) is 0 Å². The van der Waals surface area contributed by atoms with E-state index in [-0.39, 0.29) is 5.91 Å². The van der Waals surface area contributed by atoms with Crippen LogP contribution < -0.4 is 10.2 Å². The van der Waals surface area contributed by atoms with Crippen LogP contribution >= 0.6 is 0 Å². The standard InChI is InChI=1S/C20H27N3O/c1-3-5-9-14-21-20(24)18-12-13-19(22-15-18)23(4-2)16-17-10-7-6-8-11-17/h6-8,10-13,15H,3-5,9,14,16H2,1-2H3,(H,21,24). The van der Waals surface area contributed by atoms with Crippen molar-refractivity contribution in [2.75, 3.05) is 18.0 Å². The molecule has 1 aromatic heterocycles. The number of nitrogens with zero attached hydrogens (tertiary/aromatic N) is 2. The number of aromatic nitrogens is 1. The van der Waals surface area contributed by atoms with Crippen molar-refractivity contribution in [1.82, 2.24) is 10.3 Å². The number of hydrogen-bond donors (Lipinski definition) is 1. The second kappa shape index (κ2) is 9.71. The first-order chi connectivity index (χ1) is 11.7. The maximum atomic E-state index is 12.1. The van der Waals surface area contributed by atoms with Crippen LogP contribution in [0.2, 0.25) is 0 Å². The van der Waals surface area contributed by atoms with Gasteiger partial charge in [0.1, 0.15) is 5.82 Å². The molecule has 2 rings (SSSR count). The molecule has 0 aliphatic carbocycles. The van der Waals surface area contributed by atoms with Crippen molar-refractivity contribution in [3.05, 3.63) is 59.8 Å². The Morgan fingerprint density at radius 1 is 1.08 bits per heavy atom. The quantitative estimate of drug-likeness (QED) is 0.708. The molecule has 4 nitrogen and oxygen atoms in total. The zero-order valence-electron chi connectivity index (χ0n) is 14.7. The molecule has 4 heteroatoms. The van der Waals surface area contributed by atoms with Gasteiger partial charge in [-0.15, -0.1) is 0 Å². The van der Waals surface area contributed by atoms with Crippen LogP contribution in [0.4, 0.5) is 5.82 Å². The Hall–Kier alpha value is -2.36. The van der Waals surface area contributed by atoms with Gasteiger partial charge in [0.05, 0.1) is 5.56 Å². The second-order valence-electron chi connectivity index (χ2n) is 5.87. The van der Waals surface area contributed by atoms with E-state index in [4.69, 9.17) is 0 Å². The zero-order valence-corrected chi connectivity index (χ0v) is 14.7. The third kappa shape index (κ3) is 5.37. The molecule has 0 aliphatic rings. The van der Waals surface area contributed by atoms with Crippen LogP contribution in [0.5, 0.6) is 0 Å². The summed E-state index contributed by atoms with van der Waals surface area (Å²) in [6.45, 7) is 6.67. The van der Waals surface area contributed by atoms with Crippen LogP contribution in [-0.4, -0.2) is 24.0 Å². The second-order valence-corrected chi connectivity index (χ2v) is 5.87. The zero-order chi connectivity index (χ0) is 17.2. The minimum absolute atomic E-state index is 0.0451. The van der Waals surface area contributed by atoms with Crippen LogP contribution in [0.3, 0.4) is 0 Å². The van der Waals surface area contributed by atoms with Crippen molar-refractivity contribution in [3.63, 3.8) is 0 Å². The summed E-state index contributed by atoms with van der Waals surface area (Å²) in [5, 5.41) is 2.94. The van der Waals surface area contributed by atoms with Gasteiger partial charge < -0.3 is 10.2 Å². The smallest absolute Gasteiger partial charge is 0.252 e. The molecular formula is C20H27N3O. The van der Waals surface area contributed by atoms with Crippen LogP contribution in [0, 0.1) is 0 Å². The number of anilines is 1. The van der Waals surface area contributed by atoms with E-state index in [1.807, 2.05) is 30.3 Å². The Bertz CT molecular complexity index is 611. The number of hydrogen-bond acceptors (Lipinski definition) is 3. The predicted octanol–water partition coefficient (Wildman–Crippen LogP) is 4.03. The summed E-state index contributed by atoms with van der Waals surface area (Å²) in [5.41, 5.74) is 1.87. The van der Waals surface area contributed by atoms with E-state index in [0.29, 0.717) is 5.56 Å². The van der Waals surface area contributed by atoms with Crippen LogP contribution in [0.15, 0.2) is 48.7 Å². The first-order valence-corrected chi connectivity index (χ1v) is 8.77. The molecule has 1 aromatic carbocycles. The molecular weight excluding hydrogens is 298 g/mol. The lowest BCUT2D eigenvalue weighted by Crippen LogP contribution is -2.25. The highest BCUT2D eigenvalue weighted by Gasteiger charge is 2.09. The summed E-state index contributed by atoms with van der Waals surface area (Å²) in [6.07, 6.45) is 4.98. The molecule has 1 heterocycles. The molecule has 1 N–H and O–H groups in total. The topological polar surface area (TPSA) is 45.2 Å². The number of benzene rings is 1. The third-order valence-electron chi connectivity index (χ3n) is 4.00. The number of pyridine rings is 1. The Labute approximate surface area is 144 Å². The number of carbonyl (C=O) groups is 1. The maximum Gasteiger partial charge on any atom is 0.252 e. The van der Waals surface area contributed by atoms with E-state index in [1.165, 1.54) is 5.56 Å². The van der Waals surface area contributed by atoms with E-state index in [2.05, 4.69) is 41.2 Å². The number of rotatable bonds is 9. The van der Waals surface area contributed by atoms with Crippen LogP contribution in [-0.2, 0) is 6.54 Å². The SMILES string of the molecule is CCCCCNC(=O)c1ccc(N(CC)Cc2ccccc2)nc1. The Morgan fingerprint density at radius 2 is 1.88 bits per heavy atom. The van der Waals surface area contributed by atoms with E-state index < -0.39 is 0 Å². The molecule has 2 aromatic rings. The molecule has 1 amide bonds. The maximum absolute atomic E-state index is 12.1. The van der Waals surface area contributed by atoms with Crippen LogP contribution in [0.1, 0.15) is 49.0 Å². The molecule has 0 saturated heterocycles. The Kier molecular flexibility index (Phi) is 7.27. The summed E-state index contributed by atoms with van der Waals surface area (Å²) in [4.78, 5) is 18.8. The normalized spacial score (nSPS) is 10.4. The number of carbonyl (C=O) groups excluding carboxylic acids is 1. The van der Waals surface area contributed by atoms with Crippen molar-refractivity contribution in [2.24, 2.45) is 0 Å².